The second-order valence-corrected chi connectivity index (χ2v) is 6.66. The van der Waals surface area contributed by atoms with E-state index in [9.17, 15) is 9.59 Å². The predicted octanol–water partition coefficient (Wildman–Crippen LogP) is 3.86. The van der Waals surface area contributed by atoms with E-state index in [-0.39, 0.29) is 17.9 Å². The van der Waals surface area contributed by atoms with E-state index in [0.29, 0.717) is 30.9 Å². The van der Waals surface area contributed by atoms with Gasteiger partial charge in [0, 0.05) is 17.8 Å². The topological polar surface area (TPSA) is 58.6 Å². The lowest BCUT2D eigenvalue weighted by Gasteiger charge is -2.32. The van der Waals surface area contributed by atoms with E-state index in [2.05, 4.69) is 10.7 Å². The summed E-state index contributed by atoms with van der Waals surface area (Å²) < 4.78 is 5.76. The van der Waals surface area contributed by atoms with Crippen molar-refractivity contribution in [3.05, 3.63) is 51.7 Å². The molecule has 1 saturated heterocycles. The molecule has 2 aromatic rings. The average molecular weight is 344 g/mol. The van der Waals surface area contributed by atoms with Gasteiger partial charge in [-0.05, 0) is 60.0 Å². The summed E-state index contributed by atoms with van der Waals surface area (Å²) in [6.07, 6.45) is -0.0717. The van der Waals surface area contributed by atoms with Crippen molar-refractivity contribution in [2.45, 2.75) is 20.0 Å². The number of hydrogen-bond acceptors (Lipinski definition) is 4. The summed E-state index contributed by atoms with van der Waals surface area (Å²) >= 11 is 1.62. The molecule has 0 bridgehead atoms. The van der Waals surface area contributed by atoms with Crippen molar-refractivity contribution in [3.63, 3.8) is 0 Å². The average Bonchev–Trinajstić information content (AvgIpc) is 3.09. The molecule has 1 aromatic heterocycles. The molecule has 1 N–H and O–H groups in total. The monoisotopic (exact) mass is 344 g/mol. The molecule has 1 aliphatic rings. The van der Waals surface area contributed by atoms with E-state index in [0.717, 1.165) is 11.1 Å². The number of Topliss-reactive ketones (excluding diaryl/α,β-unsaturated/α-hetero) is 1. The summed E-state index contributed by atoms with van der Waals surface area (Å²) in [5.74, 6) is 0.0251. The summed E-state index contributed by atoms with van der Waals surface area (Å²) in [6, 6.07) is 7.22. The van der Waals surface area contributed by atoms with Gasteiger partial charge in [-0.15, -0.1) is 0 Å². The zero-order valence-electron chi connectivity index (χ0n) is 13.7. The first-order chi connectivity index (χ1) is 11.5. The number of anilines is 1. The number of carbonyl (C=O) groups is 2. The largest absolute Gasteiger partial charge is 0.370 e. The van der Waals surface area contributed by atoms with Crippen LogP contribution in [-0.4, -0.2) is 36.4 Å². The summed E-state index contributed by atoms with van der Waals surface area (Å²) in [5, 5.41) is 6.97. The van der Waals surface area contributed by atoms with Crippen molar-refractivity contribution in [2.24, 2.45) is 0 Å². The van der Waals surface area contributed by atoms with Crippen LogP contribution >= 0.6 is 11.3 Å². The highest BCUT2D eigenvalue weighted by atomic mass is 32.1. The van der Waals surface area contributed by atoms with Gasteiger partial charge in [0.25, 0.3) is 0 Å². The number of urea groups is 1. The maximum atomic E-state index is 12.5. The molecule has 0 radical (unpaired) electrons. The SMILES string of the molecule is CC(=O)c1ccc(NC(=O)N2CCO[C@H](c3ccsc3)C2)cc1C. The van der Waals surface area contributed by atoms with Crippen LogP contribution in [0.3, 0.4) is 0 Å². The smallest absolute Gasteiger partial charge is 0.322 e. The van der Waals surface area contributed by atoms with Crippen LogP contribution in [0.1, 0.15) is 34.5 Å². The van der Waals surface area contributed by atoms with Crippen molar-refractivity contribution in [3.8, 4) is 0 Å². The molecule has 0 aliphatic carbocycles. The fourth-order valence-electron chi connectivity index (χ4n) is 2.83. The highest BCUT2D eigenvalue weighted by molar-refractivity contribution is 7.07. The minimum absolute atomic E-state index is 0.0251. The van der Waals surface area contributed by atoms with E-state index >= 15 is 0 Å². The van der Waals surface area contributed by atoms with Crippen LogP contribution in [0.4, 0.5) is 10.5 Å². The Balaban J connectivity index is 1.66. The lowest BCUT2D eigenvalue weighted by molar-refractivity contribution is -0.0132. The Hall–Kier alpha value is -2.18. The molecule has 5 nitrogen and oxygen atoms in total. The molecule has 1 aromatic carbocycles. The van der Waals surface area contributed by atoms with Crippen molar-refractivity contribution < 1.29 is 14.3 Å². The van der Waals surface area contributed by atoms with Gasteiger partial charge < -0.3 is 15.0 Å². The lowest BCUT2D eigenvalue weighted by Crippen LogP contribution is -2.44. The van der Waals surface area contributed by atoms with Crippen LogP contribution in [0.2, 0.25) is 0 Å². The van der Waals surface area contributed by atoms with E-state index in [1.807, 2.05) is 24.4 Å². The first kappa shape index (κ1) is 16.7. The summed E-state index contributed by atoms with van der Waals surface area (Å²) in [4.78, 5) is 25.8. The first-order valence-corrected chi connectivity index (χ1v) is 8.80. The van der Waals surface area contributed by atoms with Crippen molar-refractivity contribution >= 4 is 28.8 Å². The maximum Gasteiger partial charge on any atom is 0.322 e. The maximum absolute atomic E-state index is 12.5. The van der Waals surface area contributed by atoms with E-state index < -0.39 is 0 Å². The number of thiophene rings is 1. The third kappa shape index (κ3) is 3.66. The number of benzene rings is 1. The van der Waals surface area contributed by atoms with Gasteiger partial charge in [-0.25, -0.2) is 4.79 Å². The molecule has 0 unspecified atom stereocenters. The highest BCUT2D eigenvalue weighted by Gasteiger charge is 2.25. The van der Waals surface area contributed by atoms with Gasteiger partial charge in [-0.2, -0.15) is 11.3 Å². The molecule has 2 heterocycles. The zero-order chi connectivity index (χ0) is 17.1. The number of ketones is 1. The van der Waals surface area contributed by atoms with E-state index in [4.69, 9.17) is 4.74 Å². The number of nitrogens with zero attached hydrogens (tertiary/aromatic N) is 1. The van der Waals surface area contributed by atoms with Crippen LogP contribution in [0.15, 0.2) is 35.0 Å². The second kappa shape index (κ2) is 7.15. The number of rotatable bonds is 3. The summed E-state index contributed by atoms with van der Waals surface area (Å²) in [5.41, 5.74) is 3.34. The van der Waals surface area contributed by atoms with Crippen molar-refractivity contribution in [2.75, 3.05) is 25.0 Å². The molecule has 3 rings (SSSR count). The molecule has 1 atom stereocenters. The minimum atomic E-state index is -0.145. The molecule has 2 amide bonds. The molecular weight excluding hydrogens is 324 g/mol. The molecule has 6 heteroatoms. The molecule has 0 saturated carbocycles. The van der Waals surface area contributed by atoms with E-state index in [1.54, 1.807) is 35.3 Å². The molecular formula is C18H20N2O3S. The number of carbonyl (C=O) groups excluding carboxylic acids is 2. The van der Waals surface area contributed by atoms with Crippen molar-refractivity contribution in [1.82, 2.24) is 4.90 Å². The fraction of sp³-hybridized carbons (Fsp3) is 0.333. The van der Waals surface area contributed by atoms with Crippen molar-refractivity contribution in [1.29, 1.82) is 0 Å². The Kier molecular flexibility index (Phi) is 4.97. The highest BCUT2D eigenvalue weighted by Crippen LogP contribution is 2.25. The Morgan fingerprint density at radius 1 is 1.33 bits per heavy atom. The molecule has 1 aliphatic heterocycles. The van der Waals surface area contributed by atoms with Gasteiger partial charge in [0.1, 0.15) is 6.10 Å². The lowest BCUT2D eigenvalue weighted by atomic mass is 10.1. The number of morpholine rings is 1. The number of hydrogen-bond donors (Lipinski definition) is 1. The Labute approximate surface area is 145 Å². The van der Waals surface area contributed by atoms with Gasteiger partial charge in [-0.1, -0.05) is 0 Å². The van der Waals surface area contributed by atoms with Gasteiger partial charge >= 0.3 is 6.03 Å². The third-order valence-electron chi connectivity index (χ3n) is 4.13. The summed E-state index contributed by atoms with van der Waals surface area (Å²) in [7, 11) is 0. The third-order valence-corrected chi connectivity index (χ3v) is 4.83. The van der Waals surface area contributed by atoms with Crippen LogP contribution in [0, 0.1) is 6.92 Å². The Bertz CT molecular complexity index is 743. The van der Waals surface area contributed by atoms with Gasteiger partial charge in [0.15, 0.2) is 5.78 Å². The van der Waals surface area contributed by atoms with Crippen LogP contribution in [0.25, 0.3) is 0 Å². The number of ether oxygens (including phenoxy) is 1. The predicted molar refractivity (Wildman–Crippen MR) is 94.8 cm³/mol. The molecule has 126 valence electrons. The normalized spacial score (nSPS) is 17.6. The molecule has 24 heavy (non-hydrogen) atoms. The quantitative estimate of drug-likeness (QED) is 0.860. The van der Waals surface area contributed by atoms with Gasteiger partial charge in [0.05, 0.1) is 13.2 Å². The minimum Gasteiger partial charge on any atom is -0.370 e. The molecule has 0 spiro atoms. The van der Waals surface area contributed by atoms with Gasteiger partial charge in [-0.3, -0.25) is 4.79 Å². The van der Waals surface area contributed by atoms with Crippen LogP contribution in [-0.2, 0) is 4.74 Å². The standard InChI is InChI=1S/C18H20N2O3S/c1-12-9-15(3-4-16(12)13(2)21)19-18(22)20-6-7-23-17(10-20)14-5-8-24-11-14/h3-5,8-9,11,17H,6-7,10H2,1-2H3,(H,19,22)/t17-/m0/s1. The number of amides is 2. The van der Waals surface area contributed by atoms with Crippen LogP contribution < -0.4 is 5.32 Å². The number of aryl methyl sites for hydroxylation is 1. The summed E-state index contributed by atoms with van der Waals surface area (Å²) in [6.45, 7) is 5.03. The molecule has 1 fully saturated rings. The number of nitrogens with one attached hydrogen (secondary N) is 1. The fourth-order valence-corrected chi connectivity index (χ4v) is 3.53. The Morgan fingerprint density at radius 3 is 2.83 bits per heavy atom. The van der Waals surface area contributed by atoms with Crippen LogP contribution in [0.5, 0.6) is 0 Å². The van der Waals surface area contributed by atoms with E-state index in [1.165, 1.54) is 0 Å². The zero-order valence-corrected chi connectivity index (χ0v) is 14.6. The Morgan fingerprint density at radius 2 is 2.17 bits per heavy atom. The second-order valence-electron chi connectivity index (χ2n) is 5.88. The first-order valence-electron chi connectivity index (χ1n) is 7.86. The van der Waals surface area contributed by atoms with Gasteiger partial charge in [0.2, 0.25) is 0 Å².